The van der Waals surface area contributed by atoms with E-state index in [1.807, 2.05) is 4.52 Å². The summed E-state index contributed by atoms with van der Waals surface area (Å²) in [5, 5.41) is 7.97. The molecule has 1 atom stereocenters. The first-order valence-corrected chi connectivity index (χ1v) is 7.67. The van der Waals surface area contributed by atoms with Crippen LogP contribution in [0.5, 0.6) is 0 Å². The van der Waals surface area contributed by atoms with E-state index < -0.39 is 0 Å². The third-order valence-electron chi connectivity index (χ3n) is 4.09. The lowest BCUT2D eigenvalue weighted by atomic mass is 9.97. The largest absolute Gasteiger partial charge is 0.305 e. The highest BCUT2D eigenvalue weighted by atomic mass is 32.1. The molecule has 0 saturated carbocycles. The van der Waals surface area contributed by atoms with Crippen LogP contribution in [0.4, 0.5) is 0 Å². The van der Waals surface area contributed by atoms with Gasteiger partial charge in [-0.3, -0.25) is 0 Å². The van der Waals surface area contributed by atoms with Gasteiger partial charge in [-0.15, -0.1) is 0 Å². The smallest absolute Gasteiger partial charge is 0.212 e. The third kappa shape index (κ3) is 1.70. The maximum Gasteiger partial charge on any atom is 0.212 e. The summed E-state index contributed by atoms with van der Waals surface area (Å²) in [7, 11) is 0. The molecule has 1 aliphatic rings. The number of benzene rings is 1. The Morgan fingerprint density at radius 3 is 3.05 bits per heavy atom. The first-order valence-electron chi connectivity index (χ1n) is 6.86. The van der Waals surface area contributed by atoms with Gasteiger partial charge in [-0.2, -0.15) is 5.10 Å². The standard InChI is InChI=1S/C15H16N4S/c1-9-3-4-11(7-10(9)2)13-14-12(5-6-16-13)19-15(20-14)17-8-18-19/h3-4,7-8,13,16H,5-6H2,1-2H3. The number of aryl methyl sites for hydroxylation is 2. The fraction of sp³-hybridized carbons (Fsp3) is 0.333. The summed E-state index contributed by atoms with van der Waals surface area (Å²) < 4.78 is 1.99. The van der Waals surface area contributed by atoms with Crippen molar-refractivity contribution >= 4 is 16.3 Å². The molecule has 1 aromatic carbocycles. The monoisotopic (exact) mass is 284 g/mol. The number of thiazole rings is 1. The molecule has 0 radical (unpaired) electrons. The normalized spacial score (nSPS) is 18.4. The molecule has 0 amide bonds. The van der Waals surface area contributed by atoms with E-state index >= 15 is 0 Å². The van der Waals surface area contributed by atoms with Crippen LogP contribution in [-0.2, 0) is 6.42 Å². The van der Waals surface area contributed by atoms with E-state index in [0.29, 0.717) is 0 Å². The molecule has 20 heavy (non-hydrogen) atoms. The van der Waals surface area contributed by atoms with Gasteiger partial charge in [0.25, 0.3) is 0 Å². The molecule has 5 heteroatoms. The number of fused-ring (bicyclic) bond motifs is 3. The number of hydrogen-bond donors (Lipinski definition) is 1. The van der Waals surface area contributed by atoms with Gasteiger partial charge in [0.2, 0.25) is 4.96 Å². The molecule has 4 rings (SSSR count). The van der Waals surface area contributed by atoms with Crippen LogP contribution in [0.15, 0.2) is 24.5 Å². The minimum Gasteiger partial charge on any atom is -0.305 e. The van der Waals surface area contributed by atoms with Crippen molar-refractivity contribution in [2.75, 3.05) is 6.54 Å². The van der Waals surface area contributed by atoms with E-state index in [-0.39, 0.29) is 6.04 Å². The average molecular weight is 284 g/mol. The van der Waals surface area contributed by atoms with E-state index in [4.69, 9.17) is 0 Å². The third-order valence-corrected chi connectivity index (χ3v) is 5.25. The topological polar surface area (TPSA) is 42.2 Å². The summed E-state index contributed by atoms with van der Waals surface area (Å²) >= 11 is 1.75. The second kappa shape index (κ2) is 4.40. The fourth-order valence-electron chi connectivity index (χ4n) is 2.84. The Balaban J connectivity index is 1.86. The van der Waals surface area contributed by atoms with Crippen LogP contribution in [0.3, 0.4) is 0 Å². The predicted molar refractivity (Wildman–Crippen MR) is 80.3 cm³/mol. The molecule has 2 aromatic heterocycles. The van der Waals surface area contributed by atoms with Crippen LogP contribution in [0.2, 0.25) is 0 Å². The van der Waals surface area contributed by atoms with Crippen molar-refractivity contribution in [3.05, 3.63) is 51.8 Å². The molecule has 1 unspecified atom stereocenters. The Kier molecular flexibility index (Phi) is 2.65. The van der Waals surface area contributed by atoms with Crippen molar-refractivity contribution in [2.24, 2.45) is 0 Å². The summed E-state index contributed by atoms with van der Waals surface area (Å²) in [6, 6.07) is 6.99. The van der Waals surface area contributed by atoms with Crippen molar-refractivity contribution in [3.8, 4) is 0 Å². The summed E-state index contributed by atoms with van der Waals surface area (Å²) in [5.41, 5.74) is 5.33. The molecule has 102 valence electrons. The van der Waals surface area contributed by atoms with Crippen LogP contribution in [0.25, 0.3) is 4.96 Å². The second-order valence-electron chi connectivity index (χ2n) is 5.35. The fourth-order valence-corrected chi connectivity index (χ4v) is 4.03. The zero-order chi connectivity index (χ0) is 13.7. The second-order valence-corrected chi connectivity index (χ2v) is 6.36. The Morgan fingerprint density at radius 1 is 1.30 bits per heavy atom. The molecule has 0 bridgehead atoms. The van der Waals surface area contributed by atoms with Gasteiger partial charge in [-0.1, -0.05) is 29.5 Å². The summed E-state index contributed by atoms with van der Waals surface area (Å²) in [5.74, 6) is 0. The van der Waals surface area contributed by atoms with Crippen LogP contribution < -0.4 is 5.32 Å². The van der Waals surface area contributed by atoms with Crippen LogP contribution >= 0.6 is 11.3 Å². The molecule has 3 heterocycles. The van der Waals surface area contributed by atoms with Crippen LogP contribution in [0.1, 0.15) is 33.3 Å². The zero-order valence-electron chi connectivity index (χ0n) is 11.6. The van der Waals surface area contributed by atoms with E-state index in [1.54, 1.807) is 17.7 Å². The Labute approximate surface area is 121 Å². The van der Waals surface area contributed by atoms with Gasteiger partial charge in [-0.05, 0) is 30.5 Å². The number of rotatable bonds is 1. The molecule has 3 aromatic rings. The quantitative estimate of drug-likeness (QED) is 0.747. The Bertz CT molecular complexity index is 786. The highest BCUT2D eigenvalue weighted by Crippen LogP contribution is 2.35. The zero-order valence-corrected chi connectivity index (χ0v) is 12.4. The SMILES string of the molecule is Cc1ccc(C2NCCc3c2sc2ncnn32)cc1C. The molecule has 0 saturated heterocycles. The minimum atomic E-state index is 0.270. The first-order chi connectivity index (χ1) is 9.74. The highest BCUT2D eigenvalue weighted by Gasteiger charge is 2.26. The number of nitrogens with one attached hydrogen (secondary N) is 1. The van der Waals surface area contributed by atoms with Gasteiger partial charge >= 0.3 is 0 Å². The molecule has 1 aliphatic heterocycles. The highest BCUT2D eigenvalue weighted by molar-refractivity contribution is 7.17. The molecule has 0 fully saturated rings. The average Bonchev–Trinajstić information content (AvgIpc) is 3.02. The van der Waals surface area contributed by atoms with Crippen molar-refractivity contribution < 1.29 is 0 Å². The van der Waals surface area contributed by atoms with Gasteiger partial charge < -0.3 is 5.32 Å². The lowest BCUT2D eigenvalue weighted by Gasteiger charge is -2.24. The van der Waals surface area contributed by atoms with Gasteiger partial charge in [-0.25, -0.2) is 9.50 Å². The van der Waals surface area contributed by atoms with Crippen LogP contribution in [0, 0.1) is 13.8 Å². The van der Waals surface area contributed by atoms with E-state index in [0.717, 1.165) is 17.9 Å². The van der Waals surface area contributed by atoms with Crippen molar-refractivity contribution in [2.45, 2.75) is 26.3 Å². The van der Waals surface area contributed by atoms with Gasteiger partial charge in [0.15, 0.2) is 0 Å². The maximum absolute atomic E-state index is 4.34. The Hall–Kier alpha value is -1.72. The van der Waals surface area contributed by atoms with Gasteiger partial charge in [0, 0.05) is 13.0 Å². The first kappa shape index (κ1) is 12.1. The number of hydrogen-bond acceptors (Lipinski definition) is 4. The van der Waals surface area contributed by atoms with Gasteiger partial charge in [0.05, 0.1) is 16.6 Å². The van der Waals surface area contributed by atoms with Crippen molar-refractivity contribution in [1.29, 1.82) is 0 Å². The summed E-state index contributed by atoms with van der Waals surface area (Å²) in [4.78, 5) is 6.68. The molecule has 4 nitrogen and oxygen atoms in total. The number of aromatic nitrogens is 3. The van der Waals surface area contributed by atoms with Crippen LogP contribution in [-0.4, -0.2) is 21.1 Å². The summed E-state index contributed by atoms with van der Waals surface area (Å²) in [6.07, 6.45) is 2.65. The summed E-state index contributed by atoms with van der Waals surface area (Å²) in [6.45, 7) is 5.31. The molecular weight excluding hydrogens is 268 g/mol. The lowest BCUT2D eigenvalue weighted by Crippen LogP contribution is -2.30. The molecule has 0 aliphatic carbocycles. The van der Waals surface area contributed by atoms with E-state index in [2.05, 4.69) is 47.4 Å². The minimum absolute atomic E-state index is 0.270. The molecular formula is C15H16N4S. The maximum atomic E-state index is 4.34. The lowest BCUT2D eigenvalue weighted by molar-refractivity contribution is 0.561. The van der Waals surface area contributed by atoms with Gasteiger partial charge in [0.1, 0.15) is 6.33 Å². The van der Waals surface area contributed by atoms with Crippen molar-refractivity contribution in [1.82, 2.24) is 19.9 Å². The number of nitrogens with zero attached hydrogens (tertiary/aromatic N) is 3. The van der Waals surface area contributed by atoms with Crippen molar-refractivity contribution in [3.63, 3.8) is 0 Å². The van der Waals surface area contributed by atoms with E-state index in [9.17, 15) is 0 Å². The predicted octanol–water partition coefficient (Wildman–Crippen LogP) is 2.64. The van der Waals surface area contributed by atoms with E-state index in [1.165, 1.54) is 27.3 Å². The Morgan fingerprint density at radius 2 is 2.20 bits per heavy atom. The molecule has 1 N–H and O–H groups in total. The molecule has 0 spiro atoms.